The van der Waals surface area contributed by atoms with Crippen LogP contribution in [0.3, 0.4) is 0 Å². The number of nitrogens with zero attached hydrogens (tertiary/aromatic N) is 5. The van der Waals surface area contributed by atoms with Crippen LogP contribution in [0.25, 0.3) is 10.4 Å². The summed E-state index contributed by atoms with van der Waals surface area (Å²) in [4.78, 5) is 14.4. The number of nitrogens with one attached hydrogen (secondary N) is 1. The summed E-state index contributed by atoms with van der Waals surface area (Å²) in [6, 6.07) is 1.16. The Balaban J connectivity index is 2.50. The van der Waals surface area contributed by atoms with E-state index in [0.717, 1.165) is 16.8 Å². The zero-order valence-electron chi connectivity index (χ0n) is 10.1. The van der Waals surface area contributed by atoms with Crippen molar-refractivity contribution in [3.8, 4) is 0 Å². The Labute approximate surface area is 111 Å². The minimum atomic E-state index is -1.44. The van der Waals surface area contributed by atoms with Crippen molar-refractivity contribution in [2.24, 2.45) is 5.22 Å². The highest BCUT2D eigenvalue weighted by Gasteiger charge is 2.44. The first-order chi connectivity index (χ1) is 9.51. The minimum Gasteiger partial charge on any atom is -0.394 e. The van der Waals surface area contributed by atoms with E-state index in [1.807, 2.05) is 0 Å². The molecular formula is C9H12N6O5. The predicted octanol–water partition coefficient (Wildman–Crippen LogP) is -2.19. The van der Waals surface area contributed by atoms with Crippen LogP contribution in [0, 0.1) is 5.41 Å². The van der Waals surface area contributed by atoms with Crippen molar-refractivity contribution in [2.75, 3.05) is 6.61 Å². The molecule has 1 aliphatic rings. The number of aromatic nitrogens is 2. The summed E-state index contributed by atoms with van der Waals surface area (Å²) in [6.45, 7) is -0.531. The lowest BCUT2D eigenvalue weighted by molar-refractivity contribution is -0.0555. The van der Waals surface area contributed by atoms with E-state index < -0.39 is 36.8 Å². The van der Waals surface area contributed by atoms with Crippen LogP contribution in [0.4, 0.5) is 0 Å². The van der Waals surface area contributed by atoms with Crippen LogP contribution in [-0.2, 0) is 4.74 Å². The topological polar surface area (TPSA) is 169 Å². The Bertz CT molecular complexity index is 662. The molecule has 1 aromatic rings. The zero-order chi connectivity index (χ0) is 14.9. The van der Waals surface area contributed by atoms with Crippen molar-refractivity contribution >= 4 is 0 Å². The van der Waals surface area contributed by atoms with Crippen molar-refractivity contribution in [3.63, 3.8) is 0 Å². The molecule has 4 N–H and O–H groups in total. The molecule has 0 saturated carbocycles. The summed E-state index contributed by atoms with van der Waals surface area (Å²) in [5, 5.41) is 38.9. The molecule has 1 aromatic heterocycles. The first-order valence-corrected chi connectivity index (χ1v) is 5.58. The molecule has 1 aliphatic heterocycles. The summed E-state index contributed by atoms with van der Waals surface area (Å²) < 4.78 is 6.52. The number of rotatable bonds is 3. The van der Waals surface area contributed by atoms with E-state index in [2.05, 4.69) is 10.1 Å². The smallest absolute Gasteiger partial charge is 0.394 e. The molecule has 0 radical (unpaired) electrons. The first-order valence-electron chi connectivity index (χ1n) is 5.58. The van der Waals surface area contributed by atoms with Gasteiger partial charge in [0.1, 0.15) is 18.3 Å². The zero-order valence-corrected chi connectivity index (χ0v) is 10.1. The van der Waals surface area contributed by atoms with Gasteiger partial charge in [-0.15, -0.1) is 10.2 Å². The van der Waals surface area contributed by atoms with Gasteiger partial charge in [0.15, 0.2) is 6.23 Å². The summed E-state index contributed by atoms with van der Waals surface area (Å²) in [6.07, 6.45) is -3.93. The Morgan fingerprint density at radius 1 is 1.50 bits per heavy atom. The summed E-state index contributed by atoms with van der Waals surface area (Å²) >= 11 is 0. The average molecular weight is 284 g/mol. The quantitative estimate of drug-likeness (QED) is 0.280. The van der Waals surface area contributed by atoms with Gasteiger partial charge < -0.3 is 20.1 Å². The second kappa shape index (κ2) is 5.45. The fourth-order valence-electron chi connectivity index (χ4n) is 1.93. The third kappa shape index (κ3) is 2.19. The van der Waals surface area contributed by atoms with Crippen molar-refractivity contribution in [1.82, 2.24) is 9.24 Å². The predicted molar refractivity (Wildman–Crippen MR) is 62.1 cm³/mol. The van der Waals surface area contributed by atoms with Crippen molar-refractivity contribution in [3.05, 3.63) is 38.7 Å². The molecule has 0 amide bonds. The Hall–Kier alpha value is -2.17. The van der Waals surface area contributed by atoms with E-state index in [4.69, 9.17) is 20.8 Å². The van der Waals surface area contributed by atoms with Crippen molar-refractivity contribution in [1.29, 1.82) is 5.41 Å². The summed E-state index contributed by atoms with van der Waals surface area (Å²) in [7, 11) is 0. The number of ether oxygens (including phenoxy) is 1. The van der Waals surface area contributed by atoms with Crippen LogP contribution >= 0.6 is 0 Å². The monoisotopic (exact) mass is 284 g/mol. The fraction of sp³-hybridized carbons (Fsp3) is 0.556. The molecule has 11 heteroatoms. The molecule has 0 unspecified atom stereocenters. The van der Waals surface area contributed by atoms with Gasteiger partial charge in [0.05, 0.1) is 6.61 Å². The molecule has 11 nitrogen and oxygen atoms in total. The van der Waals surface area contributed by atoms with Crippen molar-refractivity contribution in [2.45, 2.75) is 24.5 Å². The number of aliphatic hydroxyl groups excluding tert-OH is 3. The maximum Gasteiger partial charge on any atom is 0.427 e. The lowest BCUT2D eigenvalue weighted by atomic mass is 10.1. The second-order valence-corrected chi connectivity index (χ2v) is 4.11. The molecule has 0 bridgehead atoms. The third-order valence-corrected chi connectivity index (χ3v) is 2.94. The number of hydrogen-bond donors (Lipinski definition) is 4. The molecule has 0 aliphatic carbocycles. The van der Waals surface area contributed by atoms with Crippen molar-refractivity contribution < 1.29 is 20.1 Å². The number of aliphatic hydroxyl groups is 3. The van der Waals surface area contributed by atoms with E-state index in [1.54, 1.807) is 0 Å². The van der Waals surface area contributed by atoms with E-state index in [0.29, 0.717) is 4.68 Å². The van der Waals surface area contributed by atoms with Gasteiger partial charge in [-0.1, -0.05) is 0 Å². The summed E-state index contributed by atoms with van der Waals surface area (Å²) in [5.41, 5.74) is 7.09. The minimum absolute atomic E-state index is 0.351. The molecule has 108 valence electrons. The highest BCUT2D eigenvalue weighted by atomic mass is 16.6. The third-order valence-electron chi connectivity index (χ3n) is 2.94. The van der Waals surface area contributed by atoms with Crippen LogP contribution in [-0.4, -0.2) is 49.5 Å². The number of hydrogen-bond acceptors (Lipinski definition) is 7. The molecule has 2 rings (SSSR count). The van der Waals surface area contributed by atoms with Gasteiger partial charge in [0.2, 0.25) is 5.49 Å². The molecule has 2 heterocycles. The van der Waals surface area contributed by atoms with Gasteiger partial charge in [-0.3, -0.25) is 9.98 Å². The molecular weight excluding hydrogens is 272 g/mol. The van der Waals surface area contributed by atoms with E-state index >= 15 is 0 Å². The highest BCUT2D eigenvalue weighted by molar-refractivity contribution is 4.93. The van der Waals surface area contributed by atoms with E-state index in [9.17, 15) is 15.0 Å². The Morgan fingerprint density at radius 2 is 2.20 bits per heavy atom. The fourth-order valence-corrected chi connectivity index (χ4v) is 1.93. The largest absolute Gasteiger partial charge is 0.427 e. The Kier molecular flexibility index (Phi) is 3.88. The van der Waals surface area contributed by atoms with Gasteiger partial charge in [-0.25, -0.2) is 4.79 Å². The number of azide groups is 1. The highest BCUT2D eigenvalue weighted by Crippen LogP contribution is 2.27. The second-order valence-electron chi connectivity index (χ2n) is 4.11. The maximum absolute atomic E-state index is 12.0. The van der Waals surface area contributed by atoms with Crippen LogP contribution in [0.15, 0.2) is 22.3 Å². The first kappa shape index (κ1) is 14.2. The molecule has 0 spiro atoms. The van der Waals surface area contributed by atoms with Gasteiger partial charge >= 0.3 is 5.69 Å². The lowest BCUT2D eigenvalue weighted by Crippen LogP contribution is -2.41. The normalized spacial score (nSPS) is 29.1. The van der Waals surface area contributed by atoms with Gasteiger partial charge in [-0.2, -0.15) is 4.91 Å². The van der Waals surface area contributed by atoms with Crippen LogP contribution in [0.2, 0.25) is 0 Å². The van der Waals surface area contributed by atoms with Gasteiger partial charge in [0, 0.05) is 12.3 Å². The SMILES string of the molecule is [N-]=[N+]=Nn1c(=N)ccn([C@@H]2O[C@H](CO)[C@@H](O)[C@H]2O)c1=O. The Morgan fingerprint density at radius 3 is 2.75 bits per heavy atom. The summed E-state index contributed by atoms with van der Waals surface area (Å²) in [5.74, 6) is 0. The van der Waals surface area contributed by atoms with Crippen LogP contribution in [0.1, 0.15) is 6.23 Å². The molecule has 1 saturated heterocycles. The maximum atomic E-state index is 12.0. The molecule has 4 atom stereocenters. The average Bonchev–Trinajstić information content (AvgIpc) is 2.71. The lowest BCUT2D eigenvalue weighted by Gasteiger charge is -2.16. The van der Waals surface area contributed by atoms with E-state index in [1.165, 1.54) is 0 Å². The standard InChI is InChI=1S/C9H12N6O5/c10-5-1-2-14(9(19)15(5)13-12-11)8-7(18)6(17)4(3-16)20-8/h1-2,4,6-8,10,16-18H,3H2/t4-,6-,7-,8-/m1/s1. The molecule has 1 fully saturated rings. The van der Waals surface area contributed by atoms with Crippen LogP contribution < -0.4 is 11.2 Å². The molecule has 20 heavy (non-hydrogen) atoms. The van der Waals surface area contributed by atoms with E-state index in [-0.39, 0.29) is 5.49 Å². The van der Waals surface area contributed by atoms with Crippen LogP contribution in [0.5, 0.6) is 0 Å². The van der Waals surface area contributed by atoms with Gasteiger partial charge in [-0.05, 0) is 5.22 Å². The van der Waals surface area contributed by atoms with Gasteiger partial charge in [0.25, 0.3) is 0 Å². The molecule has 0 aromatic carbocycles.